The monoisotopic (exact) mass is 366 g/mol. The normalized spacial score (nSPS) is 18.9. The molecular weight excluding hydrogens is 347 g/mol. The summed E-state index contributed by atoms with van der Waals surface area (Å²) in [6, 6.07) is 5.46. The molecule has 0 radical (unpaired) electrons. The van der Waals surface area contributed by atoms with Crippen molar-refractivity contribution in [3.05, 3.63) is 42.6 Å². The number of nitrogens with one attached hydrogen (secondary N) is 1. The predicted molar refractivity (Wildman–Crippen MR) is 89.7 cm³/mol. The lowest BCUT2D eigenvalue weighted by molar-refractivity contribution is -0.120. The van der Waals surface area contributed by atoms with Crippen molar-refractivity contribution in [1.82, 2.24) is 13.9 Å². The minimum absolute atomic E-state index is 0.0189. The molecule has 9 heteroatoms. The number of imidazole rings is 1. The van der Waals surface area contributed by atoms with Crippen LogP contribution in [0.15, 0.2) is 41.8 Å². The zero-order chi connectivity index (χ0) is 18.0. The maximum absolute atomic E-state index is 12.9. The zero-order valence-electron chi connectivity index (χ0n) is 13.7. The summed E-state index contributed by atoms with van der Waals surface area (Å²) in [6.07, 6.45) is 4.06. The van der Waals surface area contributed by atoms with Crippen LogP contribution in [0.4, 0.5) is 10.1 Å². The summed E-state index contributed by atoms with van der Waals surface area (Å²) >= 11 is 0. The molecule has 1 atom stereocenters. The highest BCUT2D eigenvalue weighted by molar-refractivity contribution is 7.89. The number of hydrogen-bond donors (Lipinski definition) is 1. The Balaban J connectivity index is 1.70. The Morgan fingerprint density at radius 2 is 2.04 bits per heavy atom. The van der Waals surface area contributed by atoms with Gasteiger partial charge in [-0.1, -0.05) is 0 Å². The van der Waals surface area contributed by atoms with Gasteiger partial charge in [-0.05, 0) is 37.1 Å². The topological polar surface area (TPSA) is 84.3 Å². The van der Waals surface area contributed by atoms with E-state index in [0.717, 1.165) is 0 Å². The van der Waals surface area contributed by atoms with Gasteiger partial charge in [0, 0.05) is 32.0 Å². The van der Waals surface area contributed by atoms with Crippen LogP contribution in [0.2, 0.25) is 0 Å². The number of amides is 1. The Bertz CT molecular complexity index is 864. The molecule has 1 aromatic heterocycles. The van der Waals surface area contributed by atoms with Crippen LogP contribution in [0.5, 0.6) is 0 Å². The lowest BCUT2D eigenvalue weighted by atomic mass is 9.99. The number of rotatable bonds is 4. The summed E-state index contributed by atoms with van der Waals surface area (Å²) in [5, 5.41) is 2.69. The number of hydrogen-bond acceptors (Lipinski definition) is 4. The summed E-state index contributed by atoms with van der Waals surface area (Å²) in [5.41, 5.74) is 0.483. The molecule has 0 bridgehead atoms. The van der Waals surface area contributed by atoms with E-state index >= 15 is 0 Å². The van der Waals surface area contributed by atoms with Crippen molar-refractivity contribution in [2.45, 2.75) is 17.9 Å². The van der Waals surface area contributed by atoms with Crippen LogP contribution in [0.25, 0.3) is 0 Å². The molecule has 0 aliphatic carbocycles. The first-order valence-electron chi connectivity index (χ1n) is 7.91. The minimum atomic E-state index is -3.71. The maximum atomic E-state index is 12.9. The molecule has 3 rings (SSSR count). The molecular formula is C16H19FN4O3S. The number of anilines is 1. The number of sulfonamides is 1. The molecule has 7 nitrogen and oxygen atoms in total. The number of nitrogens with zero attached hydrogens (tertiary/aromatic N) is 3. The third kappa shape index (κ3) is 3.88. The average molecular weight is 366 g/mol. The van der Waals surface area contributed by atoms with Crippen molar-refractivity contribution >= 4 is 21.6 Å². The Kier molecular flexibility index (Phi) is 4.87. The van der Waals surface area contributed by atoms with E-state index in [1.54, 1.807) is 11.6 Å². The maximum Gasteiger partial charge on any atom is 0.262 e. The SMILES string of the molecule is Cn1cnc(S(=O)(=O)N2CCC[C@@H](C(=O)Nc3ccc(F)cc3)C2)c1. The number of carbonyl (C=O) groups excluding carboxylic acids is 1. The molecule has 0 saturated carbocycles. The van der Waals surface area contributed by atoms with E-state index in [4.69, 9.17) is 0 Å². The van der Waals surface area contributed by atoms with Gasteiger partial charge in [0.15, 0.2) is 5.03 Å². The second kappa shape index (κ2) is 6.93. The van der Waals surface area contributed by atoms with Crippen LogP contribution < -0.4 is 5.32 Å². The number of halogens is 1. The molecule has 134 valence electrons. The molecule has 2 aromatic rings. The predicted octanol–water partition coefficient (Wildman–Crippen LogP) is 1.60. The quantitative estimate of drug-likeness (QED) is 0.891. The standard InChI is InChI=1S/C16H19FN4O3S/c1-20-10-15(18-11-20)25(23,24)21-8-2-3-12(9-21)16(22)19-14-6-4-13(17)5-7-14/h4-7,10-12H,2-3,8-9H2,1H3,(H,19,22)/t12-/m1/s1. The van der Waals surface area contributed by atoms with Gasteiger partial charge in [-0.3, -0.25) is 4.79 Å². The Morgan fingerprint density at radius 3 is 2.68 bits per heavy atom. The summed E-state index contributed by atoms with van der Waals surface area (Å²) in [7, 11) is -2.02. The van der Waals surface area contributed by atoms with Gasteiger partial charge in [-0.2, -0.15) is 4.31 Å². The van der Waals surface area contributed by atoms with Crippen LogP contribution in [0.1, 0.15) is 12.8 Å². The number of piperidine rings is 1. The van der Waals surface area contributed by atoms with E-state index in [-0.39, 0.29) is 23.3 Å². The molecule has 0 unspecified atom stereocenters. The van der Waals surface area contributed by atoms with Gasteiger partial charge in [0.2, 0.25) is 5.91 Å². The molecule has 1 aliphatic heterocycles. The van der Waals surface area contributed by atoms with Crippen molar-refractivity contribution in [3.8, 4) is 0 Å². The van der Waals surface area contributed by atoms with E-state index in [2.05, 4.69) is 10.3 Å². The van der Waals surface area contributed by atoms with Gasteiger partial charge in [0.05, 0.1) is 12.2 Å². The van der Waals surface area contributed by atoms with Crippen LogP contribution in [-0.2, 0) is 21.9 Å². The third-order valence-electron chi connectivity index (χ3n) is 4.15. The van der Waals surface area contributed by atoms with Crippen LogP contribution in [-0.4, -0.2) is 41.3 Å². The zero-order valence-corrected chi connectivity index (χ0v) is 14.5. The fraction of sp³-hybridized carbons (Fsp3) is 0.375. The molecule has 1 fully saturated rings. The highest BCUT2D eigenvalue weighted by Crippen LogP contribution is 2.24. The first-order valence-corrected chi connectivity index (χ1v) is 9.35. The Labute approximate surface area is 145 Å². The molecule has 1 N–H and O–H groups in total. The molecule has 1 aromatic carbocycles. The number of aromatic nitrogens is 2. The van der Waals surface area contributed by atoms with E-state index in [0.29, 0.717) is 25.1 Å². The highest BCUT2D eigenvalue weighted by Gasteiger charge is 2.34. The van der Waals surface area contributed by atoms with Gasteiger partial charge in [0.25, 0.3) is 10.0 Å². The Hall–Kier alpha value is -2.26. The molecule has 2 heterocycles. The summed E-state index contributed by atoms with van der Waals surface area (Å²) in [6.45, 7) is 0.463. The van der Waals surface area contributed by atoms with Crippen LogP contribution in [0, 0.1) is 11.7 Å². The van der Waals surface area contributed by atoms with Crippen molar-refractivity contribution < 1.29 is 17.6 Å². The van der Waals surface area contributed by atoms with Crippen LogP contribution >= 0.6 is 0 Å². The average Bonchev–Trinajstić information content (AvgIpc) is 3.04. The van der Waals surface area contributed by atoms with Gasteiger partial charge in [-0.25, -0.2) is 17.8 Å². The Morgan fingerprint density at radius 1 is 1.32 bits per heavy atom. The van der Waals surface area contributed by atoms with Crippen molar-refractivity contribution in [2.75, 3.05) is 18.4 Å². The van der Waals surface area contributed by atoms with Crippen molar-refractivity contribution in [2.24, 2.45) is 13.0 Å². The second-order valence-electron chi connectivity index (χ2n) is 6.08. The van der Waals surface area contributed by atoms with Gasteiger partial charge in [0.1, 0.15) is 5.82 Å². The van der Waals surface area contributed by atoms with Crippen LogP contribution in [0.3, 0.4) is 0 Å². The second-order valence-corrected chi connectivity index (χ2v) is 7.96. The van der Waals surface area contributed by atoms with Crippen molar-refractivity contribution in [3.63, 3.8) is 0 Å². The van der Waals surface area contributed by atoms with E-state index in [1.165, 1.54) is 41.1 Å². The fourth-order valence-corrected chi connectivity index (χ4v) is 4.30. The number of carbonyl (C=O) groups is 1. The molecule has 0 spiro atoms. The highest BCUT2D eigenvalue weighted by atomic mass is 32.2. The molecule has 1 aliphatic rings. The summed E-state index contributed by atoms with van der Waals surface area (Å²) in [5.74, 6) is -1.12. The van der Waals surface area contributed by atoms with E-state index < -0.39 is 15.9 Å². The van der Waals surface area contributed by atoms with Gasteiger partial charge >= 0.3 is 0 Å². The van der Waals surface area contributed by atoms with Gasteiger partial charge < -0.3 is 9.88 Å². The third-order valence-corrected chi connectivity index (χ3v) is 5.90. The van der Waals surface area contributed by atoms with E-state index in [1.807, 2.05) is 0 Å². The van der Waals surface area contributed by atoms with Gasteiger partial charge in [-0.15, -0.1) is 0 Å². The van der Waals surface area contributed by atoms with E-state index in [9.17, 15) is 17.6 Å². The molecule has 25 heavy (non-hydrogen) atoms. The minimum Gasteiger partial charge on any atom is -0.339 e. The summed E-state index contributed by atoms with van der Waals surface area (Å²) < 4.78 is 41.1. The van der Waals surface area contributed by atoms with Crippen molar-refractivity contribution in [1.29, 1.82) is 0 Å². The summed E-state index contributed by atoms with van der Waals surface area (Å²) in [4.78, 5) is 16.3. The lowest BCUT2D eigenvalue weighted by Crippen LogP contribution is -2.43. The lowest BCUT2D eigenvalue weighted by Gasteiger charge is -2.30. The molecule has 1 amide bonds. The smallest absolute Gasteiger partial charge is 0.262 e. The molecule has 1 saturated heterocycles. The first-order chi connectivity index (χ1) is 11.9. The largest absolute Gasteiger partial charge is 0.339 e. The number of benzene rings is 1. The fourth-order valence-electron chi connectivity index (χ4n) is 2.81. The number of aryl methyl sites for hydroxylation is 1. The first kappa shape index (κ1) is 17.6.